The van der Waals surface area contributed by atoms with E-state index in [1.807, 2.05) is 0 Å². The lowest BCUT2D eigenvalue weighted by molar-refractivity contribution is 0.404. The van der Waals surface area contributed by atoms with Crippen LogP contribution in [0.2, 0.25) is 0 Å². The molecule has 6 heteroatoms. The normalized spacial score (nSPS) is 10.9. The summed E-state index contributed by atoms with van der Waals surface area (Å²) in [6, 6.07) is 7.95. The lowest BCUT2D eigenvalue weighted by Gasteiger charge is -2.02. The number of hydrogen-bond acceptors (Lipinski definition) is 5. The summed E-state index contributed by atoms with van der Waals surface area (Å²) in [6.45, 7) is 0. The topological polar surface area (TPSA) is 75.7 Å². The van der Waals surface area contributed by atoms with Crippen LogP contribution in [0.5, 0.6) is 17.2 Å². The Morgan fingerprint density at radius 1 is 1.20 bits per heavy atom. The minimum absolute atomic E-state index is 0.0277. The van der Waals surface area contributed by atoms with Gasteiger partial charge in [-0.15, -0.1) is 0 Å². The first kappa shape index (κ1) is 12.8. The number of aromatic nitrogens is 1. The maximum atomic E-state index is 9.80. The molecule has 0 radical (unpaired) electrons. The molecule has 0 aliphatic carbocycles. The van der Waals surface area contributed by atoms with Gasteiger partial charge in [0, 0.05) is 11.6 Å². The van der Waals surface area contributed by atoms with E-state index in [1.165, 1.54) is 13.2 Å². The van der Waals surface area contributed by atoms with Gasteiger partial charge < -0.3 is 19.4 Å². The summed E-state index contributed by atoms with van der Waals surface area (Å²) in [5.41, 5.74) is 1.64. The van der Waals surface area contributed by atoms with Crippen molar-refractivity contribution < 1.29 is 19.4 Å². The zero-order valence-corrected chi connectivity index (χ0v) is 12.0. The smallest absolute Gasteiger partial charge is 0.227 e. The molecule has 0 aliphatic rings. The van der Waals surface area contributed by atoms with Crippen LogP contribution in [-0.2, 0) is 0 Å². The van der Waals surface area contributed by atoms with Crippen molar-refractivity contribution >= 4 is 27.0 Å². The zero-order chi connectivity index (χ0) is 14.3. The van der Waals surface area contributed by atoms with Gasteiger partial charge in [0.05, 0.1) is 11.6 Å². The number of methoxy groups -OCH3 is 1. The van der Waals surface area contributed by atoms with Crippen molar-refractivity contribution in [1.82, 2.24) is 4.98 Å². The Hall–Kier alpha value is -2.21. The molecule has 0 unspecified atom stereocenters. The molecule has 0 amide bonds. The molecule has 3 rings (SSSR count). The average Bonchev–Trinajstić information content (AvgIpc) is 2.89. The van der Waals surface area contributed by atoms with Gasteiger partial charge >= 0.3 is 0 Å². The third-order valence-electron chi connectivity index (χ3n) is 2.89. The SMILES string of the molecule is COc1cc(O)c(Br)c2nc(-c3ccc(O)cc3)oc12. The third-order valence-corrected chi connectivity index (χ3v) is 3.67. The van der Waals surface area contributed by atoms with Crippen LogP contribution >= 0.6 is 15.9 Å². The van der Waals surface area contributed by atoms with E-state index >= 15 is 0 Å². The van der Waals surface area contributed by atoms with Crippen molar-refractivity contribution in [3.8, 4) is 28.7 Å². The molecule has 0 saturated heterocycles. The summed E-state index contributed by atoms with van der Waals surface area (Å²) in [7, 11) is 1.49. The van der Waals surface area contributed by atoms with E-state index < -0.39 is 0 Å². The molecule has 0 aliphatic heterocycles. The number of halogens is 1. The van der Waals surface area contributed by atoms with E-state index in [1.54, 1.807) is 24.3 Å². The molecule has 0 atom stereocenters. The van der Waals surface area contributed by atoms with E-state index in [4.69, 9.17) is 9.15 Å². The van der Waals surface area contributed by atoms with Crippen molar-refractivity contribution in [2.75, 3.05) is 7.11 Å². The third kappa shape index (κ3) is 1.98. The molecule has 1 heterocycles. The molecule has 0 saturated carbocycles. The zero-order valence-electron chi connectivity index (χ0n) is 10.4. The van der Waals surface area contributed by atoms with Gasteiger partial charge in [-0.25, -0.2) is 4.98 Å². The molecule has 0 spiro atoms. The standard InChI is InChI=1S/C14H10BrNO4/c1-19-10-6-9(18)11(15)12-13(10)20-14(16-12)7-2-4-8(17)5-3-7/h2-6,17-18H,1H3. The van der Waals surface area contributed by atoms with Gasteiger partial charge in [0.15, 0.2) is 11.3 Å². The van der Waals surface area contributed by atoms with Crippen LogP contribution in [0.3, 0.4) is 0 Å². The van der Waals surface area contributed by atoms with Crippen LogP contribution in [0.15, 0.2) is 39.2 Å². The Bertz CT molecular complexity index is 780. The van der Waals surface area contributed by atoms with E-state index in [0.717, 1.165) is 0 Å². The lowest BCUT2D eigenvalue weighted by atomic mass is 10.2. The molecule has 2 N–H and O–H groups in total. The Balaban J connectivity index is 2.24. The fourth-order valence-electron chi connectivity index (χ4n) is 1.89. The van der Waals surface area contributed by atoms with Crippen molar-refractivity contribution in [1.29, 1.82) is 0 Å². The summed E-state index contributed by atoms with van der Waals surface area (Å²) >= 11 is 3.27. The first-order valence-electron chi connectivity index (χ1n) is 5.75. The molecule has 1 aromatic heterocycles. The van der Waals surface area contributed by atoms with Crippen molar-refractivity contribution in [2.45, 2.75) is 0 Å². The highest BCUT2D eigenvalue weighted by Crippen LogP contribution is 2.40. The average molecular weight is 336 g/mol. The fraction of sp³-hybridized carbons (Fsp3) is 0.0714. The summed E-state index contributed by atoms with van der Waals surface area (Å²) in [4.78, 5) is 4.35. The Morgan fingerprint density at radius 3 is 2.55 bits per heavy atom. The van der Waals surface area contributed by atoms with Crippen LogP contribution in [-0.4, -0.2) is 22.3 Å². The Morgan fingerprint density at radius 2 is 1.90 bits per heavy atom. The molecule has 3 aromatic rings. The Labute approximate surface area is 122 Å². The number of fused-ring (bicyclic) bond motifs is 1. The fourth-order valence-corrected chi connectivity index (χ4v) is 2.27. The second-order valence-corrected chi connectivity index (χ2v) is 4.95. The number of ether oxygens (including phenoxy) is 1. The van der Waals surface area contributed by atoms with Crippen molar-refractivity contribution in [2.24, 2.45) is 0 Å². The monoisotopic (exact) mass is 335 g/mol. The summed E-state index contributed by atoms with van der Waals surface area (Å²) in [5, 5.41) is 19.1. The van der Waals surface area contributed by atoms with Crippen LogP contribution in [0, 0.1) is 0 Å². The maximum absolute atomic E-state index is 9.80. The molecular formula is C14H10BrNO4. The van der Waals surface area contributed by atoms with Gasteiger partial charge in [-0.05, 0) is 40.2 Å². The van der Waals surface area contributed by atoms with E-state index in [0.29, 0.717) is 32.8 Å². The number of hydrogen-bond donors (Lipinski definition) is 2. The predicted octanol–water partition coefficient (Wildman–Crippen LogP) is 3.68. The predicted molar refractivity (Wildman–Crippen MR) is 77.0 cm³/mol. The minimum Gasteiger partial charge on any atom is -0.508 e. The second-order valence-electron chi connectivity index (χ2n) is 4.16. The molecule has 0 fully saturated rings. The van der Waals surface area contributed by atoms with Gasteiger partial charge in [-0.3, -0.25) is 0 Å². The first-order chi connectivity index (χ1) is 9.60. The van der Waals surface area contributed by atoms with Gasteiger partial charge in [0.1, 0.15) is 17.0 Å². The highest BCUT2D eigenvalue weighted by molar-refractivity contribution is 9.10. The van der Waals surface area contributed by atoms with E-state index in [2.05, 4.69) is 20.9 Å². The summed E-state index contributed by atoms with van der Waals surface area (Å²) in [6.07, 6.45) is 0. The molecular weight excluding hydrogens is 326 g/mol. The molecule has 20 heavy (non-hydrogen) atoms. The van der Waals surface area contributed by atoms with Crippen LogP contribution in [0.25, 0.3) is 22.6 Å². The molecule has 2 aromatic carbocycles. The molecule has 5 nitrogen and oxygen atoms in total. The number of rotatable bonds is 2. The van der Waals surface area contributed by atoms with Crippen LogP contribution < -0.4 is 4.74 Å². The minimum atomic E-state index is 0.0277. The largest absolute Gasteiger partial charge is 0.508 e. The molecule has 102 valence electrons. The van der Waals surface area contributed by atoms with Crippen LogP contribution in [0.4, 0.5) is 0 Å². The summed E-state index contributed by atoms with van der Waals surface area (Å²) < 4.78 is 11.3. The maximum Gasteiger partial charge on any atom is 0.227 e. The van der Waals surface area contributed by atoms with Gasteiger partial charge in [-0.1, -0.05) is 0 Å². The highest BCUT2D eigenvalue weighted by Gasteiger charge is 2.18. The lowest BCUT2D eigenvalue weighted by Crippen LogP contribution is -1.84. The number of nitrogens with zero attached hydrogens (tertiary/aromatic N) is 1. The van der Waals surface area contributed by atoms with E-state index in [-0.39, 0.29) is 11.5 Å². The summed E-state index contributed by atoms with van der Waals surface area (Å²) in [5.74, 6) is 0.976. The Kier molecular flexibility index (Phi) is 3.02. The number of phenols is 2. The second kappa shape index (κ2) is 4.72. The number of phenolic OH excluding ortho intramolecular Hbond substituents is 2. The van der Waals surface area contributed by atoms with Gasteiger partial charge in [-0.2, -0.15) is 0 Å². The first-order valence-corrected chi connectivity index (χ1v) is 6.55. The van der Waals surface area contributed by atoms with E-state index in [9.17, 15) is 10.2 Å². The van der Waals surface area contributed by atoms with Crippen molar-refractivity contribution in [3.05, 3.63) is 34.8 Å². The van der Waals surface area contributed by atoms with Gasteiger partial charge in [0.2, 0.25) is 5.89 Å². The number of aromatic hydroxyl groups is 2. The number of oxazole rings is 1. The number of benzene rings is 2. The molecule has 0 bridgehead atoms. The van der Waals surface area contributed by atoms with Crippen molar-refractivity contribution in [3.63, 3.8) is 0 Å². The van der Waals surface area contributed by atoms with Crippen LogP contribution in [0.1, 0.15) is 0 Å². The quantitative estimate of drug-likeness (QED) is 0.747. The highest BCUT2D eigenvalue weighted by atomic mass is 79.9. The van der Waals surface area contributed by atoms with Gasteiger partial charge in [0.25, 0.3) is 0 Å².